The van der Waals surface area contributed by atoms with E-state index in [1.54, 1.807) is 11.3 Å². The van der Waals surface area contributed by atoms with Crippen LogP contribution in [0.3, 0.4) is 0 Å². The molecule has 0 N–H and O–H groups in total. The van der Waals surface area contributed by atoms with E-state index in [1.807, 2.05) is 55.6 Å². The third kappa shape index (κ3) is 3.38. The monoisotopic (exact) mass is 386 g/mol. The van der Waals surface area contributed by atoms with E-state index in [4.69, 9.17) is 11.6 Å². The molecule has 4 aromatic rings. The van der Waals surface area contributed by atoms with Crippen molar-refractivity contribution in [1.29, 1.82) is 0 Å². The Kier molecular flexibility index (Phi) is 5.33. The lowest BCUT2D eigenvalue weighted by molar-refractivity contribution is 0.111. The molecule has 25 heavy (non-hydrogen) atoms. The van der Waals surface area contributed by atoms with Crippen LogP contribution in [0.2, 0.25) is 4.34 Å². The van der Waals surface area contributed by atoms with Crippen LogP contribution in [0.4, 0.5) is 0 Å². The van der Waals surface area contributed by atoms with Crippen molar-refractivity contribution in [2.45, 2.75) is 13.8 Å². The second-order valence-electron chi connectivity index (χ2n) is 5.61. The number of carbonyl (C=O) groups excluding carboxylic acids is 2. The molecule has 0 aliphatic heterocycles. The maximum atomic E-state index is 10.8. The van der Waals surface area contributed by atoms with Crippen LogP contribution in [0, 0.1) is 13.8 Å². The normalized spacial score (nSPS) is 10.5. The molecule has 0 aliphatic rings. The zero-order valence-electron chi connectivity index (χ0n) is 13.7. The molecule has 0 saturated heterocycles. The zero-order valence-corrected chi connectivity index (χ0v) is 16.1. The Morgan fingerprint density at radius 3 is 2.16 bits per heavy atom. The first-order valence-corrected chi connectivity index (χ1v) is 9.69. The lowest BCUT2D eigenvalue weighted by Gasteiger charge is -1.95. The van der Waals surface area contributed by atoms with Crippen molar-refractivity contribution >= 4 is 67.0 Å². The van der Waals surface area contributed by atoms with Crippen LogP contribution in [0.15, 0.2) is 41.8 Å². The van der Waals surface area contributed by atoms with Gasteiger partial charge < -0.3 is 0 Å². The van der Waals surface area contributed by atoms with Crippen LogP contribution in [0.1, 0.15) is 31.8 Å². The topological polar surface area (TPSA) is 34.1 Å². The number of aldehydes is 2. The van der Waals surface area contributed by atoms with E-state index in [2.05, 4.69) is 0 Å². The number of thiophene rings is 2. The summed E-state index contributed by atoms with van der Waals surface area (Å²) in [5.41, 5.74) is 3.71. The molecule has 2 aromatic heterocycles. The molecule has 0 saturated carbocycles. The van der Waals surface area contributed by atoms with E-state index in [0.29, 0.717) is 9.90 Å². The Balaban J connectivity index is 0.000000146. The van der Waals surface area contributed by atoms with Gasteiger partial charge in [0.15, 0.2) is 12.6 Å². The van der Waals surface area contributed by atoms with Crippen LogP contribution in [0.5, 0.6) is 0 Å². The number of benzene rings is 2. The van der Waals surface area contributed by atoms with Crippen molar-refractivity contribution in [2.24, 2.45) is 0 Å². The van der Waals surface area contributed by atoms with Gasteiger partial charge in [0, 0.05) is 31.1 Å². The van der Waals surface area contributed by atoms with Crippen molar-refractivity contribution in [3.05, 3.63) is 68.4 Å². The number of halogens is 1. The summed E-state index contributed by atoms with van der Waals surface area (Å²) in [6.07, 6.45) is 1.75. The van der Waals surface area contributed by atoms with Gasteiger partial charge in [-0.1, -0.05) is 35.9 Å². The first-order chi connectivity index (χ1) is 12.1. The summed E-state index contributed by atoms with van der Waals surface area (Å²) in [4.78, 5) is 21.4. The molecular formula is C20H15ClO2S2. The third-order valence-corrected chi connectivity index (χ3v) is 6.36. The van der Waals surface area contributed by atoms with Gasteiger partial charge in [-0.2, -0.15) is 0 Å². The lowest BCUT2D eigenvalue weighted by atomic mass is 10.1. The van der Waals surface area contributed by atoms with Gasteiger partial charge in [-0.05, 0) is 37.1 Å². The third-order valence-electron chi connectivity index (χ3n) is 4.00. The van der Waals surface area contributed by atoms with Crippen molar-refractivity contribution < 1.29 is 9.59 Å². The van der Waals surface area contributed by atoms with Crippen LogP contribution in [-0.4, -0.2) is 12.6 Å². The summed E-state index contributed by atoms with van der Waals surface area (Å²) >= 11 is 9.00. The number of hydrogen-bond acceptors (Lipinski definition) is 4. The minimum Gasteiger partial charge on any atom is -0.298 e. The molecule has 0 radical (unpaired) electrons. The quantitative estimate of drug-likeness (QED) is 0.359. The second kappa shape index (κ2) is 7.48. The fourth-order valence-electron chi connectivity index (χ4n) is 2.81. The van der Waals surface area contributed by atoms with Crippen molar-refractivity contribution in [3.63, 3.8) is 0 Å². The highest BCUT2D eigenvalue weighted by Gasteiger charge is 2.10. The minimum atomic E-state index is 0.583. The van der Waals surface area contributed by atoms with E-state index in [9.17, 15) is 9.59 Å². The van der Waals surface area contributed by atoms with E-state index < -0.39 is 0 Å². The smallest absolute Gasteiger partial charge is 0.153 e. The SMILES string of the molecule is Cc1cccc2sc(Cl)c(C=O)c12.Cc1cccc2scc(C=O)c12. The summed E-state index contributed by atoms with van der Waals surface area (Å²) in [6, 6.07) is 12.0. The zero-order chi connectivity index (χ0) is 18.0. The summed E-state index contributed by atoms with van der Waals surface area (Å²) < 4.78 is 2.85. The molecule has 5 heteroatoms. The Hall–Kier alpha value is -2.01. The van der Waals surface area contributed by atoms with Crippen LogP contribution in [-0.2, 0) is 0 Å². The van der Waals surface area contributed by atoms with Gasteiger partial charge in [-0.15, -0.1) is 22.7 Å². The predicted molar refractivity (Wildman–Crippen MR) is 109 cm³/mol. The van der Waals surface area contributed by atoms with Gasteiger partial charge in [-0.25, -0.2) is 0 Å². The van der Waals surface area contributed by atoms with E-state index in [-0.39, 0.29) is 0 Å². The van der Waals surface area contributed by atoms with E-state index in [0.717, 1.165) is 39.2 Å². The molecule has 0 spiro atoms. The molecule has 0 bridgehead atoms. The highest BCUT2D eigenvalue weighted by molar-refractivity contribution is 7.23. The summed E-state index contributed by atoms with van der Waals surface area (Å²) in [6.45, 7) is 4.01. The highest BCUT2D eigenvalue weighted by Crippen LogP contribution is 2.35. The minimum absolute atomic E-state index is 0.583. The molecule has 126 valence electrons. The first kappa shape index (κ1) is 17.8. The van der Waals surface area contributed by atoms with Crippen molar-refractivity contribution in [3.8, 4) is 0 Å². The molecule has 0 aliphatic carbocycles. The van der Waals surface area contributed by atoms with Crippen molar-refractivity contribution in [2.75, 3.05) is 0 Å². The van der Waals surface area contributed by atoms with Gasteiger partial charge in [0.25, 0.3) is 0 Å². The van der Waals surface area contributed by atoms with E-state index in [1.165, 1.54) is 21.6 Å². The van der Waals surface area contributed by atoms with Gasteiger partial charge in [0.1, 0.15) is 4.34 Å². The molecule has 2 nitrogen and oxygen atoms in total. The summed E-state index contributed by atoms with van der Waals surface area (Å²) in [5, 5.41) is 4.01. The van der Waals surface area contributed by atoms with Gasteiger partial charge in [0.2, 0.25) is 0 Å². The molecule has 0 unspecified atom stereocenters. The molecule has 0 atom stereocenters. The molecule has 2 aromatic carbocycles. The fraction of sp³-hybridized carbons (Fsp3) is 0.100. The Morgan fingerprint density at radius 1 is 0.880 bits per heavy atom. The standard InChI is InChI=1S/C10H7ClOS.C10H8OS/c1-6-3-2-4-8-9(6)7(5-12)10(11)13-8;1-7-3-2-4-9-10(7)8(5-11)6-12-9/h2-5H,1H3;2-6H,1H3. The summed E-state index contributed by atoms with van der Waals surface area (Å²) in [5.74, 6) is 0. The number of rotatable bonds is 2. The Morgan fingerprint density at radius 2 is 1.52 bits per heavy atom. The largest absolute Gasteiger partial charge is 0.298 e. The number of aryl methyl sites for hydroxylation is 2. The molecule has 4 rings (SSSR count). The fourth-order valence-corrected chi connectivity index (χ4v) is 5.15. The van der Waals surface area contributed by atoms with Crippen LogP contribution < -0.4 is 0 Å². The maximum absolute atomic E-state index is 10.8. The first-order valence-electron chi connectivity index (χ1n) is 7.61. The number of carbonyl (C=O) groups is 2. The second-order valence-corrected chi connectivity index (χ2v) is 8.18. The lowest BCUT2D eigenvalue weighted by Crippen LogP contribution is -1.79. The molecule has 0 fully saturated rings. The highest BCUT2D eigenvalue weighted by atomic mass is 35.5. The van der Waals surface area contributed by atoms with Gasteiger partial charge >= 0.3 is 0 Å². The van der Waals surface area contributed by atoms with Gasteiger partial charge in [0.05, 0.1) is 5.56 Å². The average molecular weight is 387 g/mol. The van der Waals surface area contributed by atoms with Gasteiger partial charge in [-0.3, -0.25) is 9.59 Å². The predicted octanol–water partition coefficient (Wildman–Crippen LogP) is 6.70. The Bertz CT molecular complexity index is 1080. The van der Waals surface area contributed by atoms with Crippen LogP contribution >= 0.6 is 34.3 Å². The van der Waals surface area contributed by atoms with Crippen molar-refractivity contribution in [1.82, 2.24) is 0 Å². The van der Waals surface area contributed by atoms with Crippen LogP contribution in [0.25, 0.3) is 20.2 Å². The number of hydrogen-bond donors (Lipinski definition) is 0. The molecule has 0 amide bonds. The summed E-state index contributed by atoms with van der Waals surface area (Å²) in [7, 11) is 0. The average Bonchev–Trinajstić information content (AvgIpc) is 3.17. The van der Waals surface area contributed by atoms with E-state index >= 15 is 0 Å². The maximum Gasteiger partial charge on any atom is 0.153 e. The number of fused-ring (bicyclic) bond motifs is 2. The molecular weight excluding hydrogens is 372 g/mol. The Labute approximate surface area is 158 Å². The molecule has 2 heterocycles.